The number of amides is 1. The molecule has 0 aromatic heterocycles. The highest BCUT2D eigenvalue weighted by Gasteiger charge is 2.68. The Kier molecular flexibility index (Phi) is 4.84. The Bertz CT molecular complexity index is 715. The first-order valence-electron chi connectivity index (χ1n) is 10.3. The fourth-order valence-electron chi connectivity index (χ4n) is 6.39. The van der Waals surface area contributed by atoms with Crippen LogP contribution in [0.25, 0.3) is 0 Å². The van der Waals surface area contributed by atoms with Crippen LogP contribution in [0.3, 0.4) is 0 Å². The monoisotopic (exact) mass is 371 g/mol. The van der Waals surface area contributed by atoms with Crippen molar-refractivity contribution < 1.29 is 14.3 Å². The van der Waals surface area contributed by atoms with E-state index in [4.69, 9.17) is 9.47 Å². The smallest absolute Gasteiger partial charge is 0.222 e. The first kappa shape index (κ1) is 18.9. The van der Waals surface area contributed by atoms with Crippen molar-refractivity contribution in [2.45, 2.75) is 58.6 Å². The van der Waals surface area contributed by atoms with E-state index in [1.54, 1.807) is 7.11 Å². The van der Waals surface area contributed by atoms with Crippen LogP contribution in [0.1, 0.15) is 56.8 Å². The number of benzene rings is 1. The molecule has 1 amide bonds. The zero-order valence-electron chi connectivity index (χ0n) is 17.1. The fraction of sp³-hybridized carbons (Fsp3) is 0.696. The number of ether oxygens (including phenoxy) is 2. The topological polar surface area (TPSA) is 47.6 Å². The Morgan fingerprint density at radius 2 is 2.19 bits per heavy atom. The van der Waals surface area contributed by atoms with E-state index in [0.29, 0.717) is 24.9 Å². The molecule has 0 radical (unpaired) electrons. The summed E-state index contributed by atoms with van der Waals surface area (Å²) in [4.78, 5) is 12.6. The summed E-state index contributed by atoms with van der Waals surface area (Å²) in [7, 11) is 1.65. The fourth-order valence-corrected chi connectivity index (χ4v) is 6.39. The molecule has 1 spiro atoms. The SMILES string of the molecule is COCCC(=O)N[C@H]1C(C)(C)[C@@H]2C[C@@H]3[C@@H](c4cccc(C)c4)OCCC31C2. The first-order chi connectivity index (χ1) is 12.9. The molecule has 1 heterocycles. The maximum absolute atomic E-state index is 12.6. The van der Waals surface area contributed by atoms with Crippen LogP contribution < -0.4 is 5.32 Å². The van der Waals surface area contributed by atoms with Crippen LogP contribution in [0.2, 0.25) is 0 Å². The number of fused-ring (bicyclic) bond motifs is 1. The van der Waals surface area contributed by atoms with Crippen molar-refractivity contribution in [2.75, 3.05) is 20.3 Å². The molecule has 1 aromatic rings. The van der Waals surface area contributed by atoms with E-state index in [1.165, 1.54) is 24.0 Å². The molecule has 2 aliphatic carbocycles. The molecule has 4 nitrogen and oxygen atoms in total. The Morgan fingerprint density at radius 3 is 2.93 bits per heavy atom. The van der Waals surface area contributed by atoms with E-state index in [-0.39, 0.29) is 28.9 Å². The van der Waals surface area contributed by atoms with Gasteiger partial charge in [0.25, 0.3) is 0 Å². The van der Waals surface area contributed by atoms with Gasteiger partial charge in [-0.3, -0.25) is 4.79 Å². The molecular weight excluding hydrogens is 338 g/mol. The molecule has 3 fully saturated rings. The normalized spacial score (nSPS) is 36.4. The number of hydrogen-bond donors (Lipinski definition) is 1. The van der Waals surface area contributed by atoms with Gasteiger partial charge in [-0.25, -0.2) is 0 Å². The third-order valence-corrected chi connectivity index (χ3v) is 7.71. The van der Waals surface area contributed by atoms with Crippen molar-refractivity contribution in [3.05, 3.63) is 35.4 Å². The quantitative estimate of drug-likeness (QED) is 0.850. The van der Waals surface area contributed by atoms with E-state index in [9.17, 15) is 4.79 Å². The van der Waals surface area contributed by atoms with Gasteiger partial charge in [0.05, 0.1) is 12.7 Å². The molecule has 3 aliphatic rings. The molecule has 1 N–H and O–H groups in total. The van der Waals surface area contributed by atoms with Gasteiger partial charge in [0.15, 0.2) is 0 Å². The average Bonchev–Trinajstić information content (AvgIpc) is 3.12. The maximum Gasteiger partial charge on any atom is 0.222 e. The van der Waals surface area contributed by atoms with Crippen LogP contribution in [0.5, 0.6) is 0 Å². The summed E-state index contributed by atoms with van der Waals surface area (Å²) >= 11 is 0. The van der Waals surface area contributed by atoms with E-state index < -0.39 is 0 Å². The molecular formula is C23H33NO3. The molecule has 1 unspecified atom stereocenters. The summed E-state index contributed by atoms with van der Waals surface area (Å²) < 4.78 is 11.4. The molecule has 4 heteroatoms. The van der Waals surface area contributed by atoms with Crippen LogP contribution in [0, 0.1) is 29.6 Å². The number of nitrogens with one attached hydrogen (secondary N) is 1. The second-order valence-corrected chi connectivity index (χ2v) is 9.50. The second-order valence-electron chi connectivity index (χ2n) is 9.50. The van der Waals surface area contributed by atoms with Crippen LogP contribution in [-0.4, -0.2) is 32.3 Å². The Labute approximate surface area is 163 Å². The third-order valence-electron chi connectivity index (χ3n) is 7.71. The van der Waals surface area contributed by atoms with Crippen LogP contribution in [-0.2, 0) is 14.3 Å². The predicted octanol–water partition coefficient (Wildman–Crippen LogP) is 4.03. The lowest BCUT2D eigenvalue weighted by molar-refractivity contribution is -0.137. The van der Waals surface area contributed by atoms with Crippen molar-refractivity contribution in [3.8, 4) is 0 Å². The van der Waals surface area contributed by atoms with Gasteiger partial charge in [-0.1, -0.05) is 43.7 Å². The van der Waals surface area contributed by atoms with Gasteiger partial charge >= 0.3 is 0 Å². The van der Waals surface area contributed by atoms with Crippen LogP contribution in [0.4, 0.5) is 0 Å². The summed E-state index contributed by atoms with van der Waals surface area (Å²) in [5.74, 6) is 1.25. The lowest BCUT2D eigenvalue weighted by Gasteiger charge is -2.53. The first-order valence-corrected chi connectivity index (χ1v) is 10.3. The molecule has 1 aromatic carbocycles. The van der Waals surface area contributed by atoms with Crippen LogP contribution in [0.15, 0.2) is 24.3 Å². The van der Waals surface area contributed by atoms with Gasteiger partial charge in [-0.05, 0) is 54.4 Å². The van der Waals surface area contributed by atoms with Crippen molar-refractivity contribution in [1.29, 1.82) is 0 Å². The zero-order chi connectivity index (χ0) is 19.2. The van der Waals surface area contributed by atoms with Gasteiger partial charge in [0, 0.05) is 26.2 Å². The van der Waals surface area contributed by atoms with Gasteiger partial charge in [-0.15, -0.1) is 0 Å². The van der Waals surface area contributed by atoms with Crippen molar-refractivity contribution in [3.63, 3.8) is 0 Å². The van der Waals surface area contributed by atoms with Crippen molar-refractivity contribution >= 4 is 5.91 Å². The minimum atomic E-state index is 0.120. The molecule has 1 saturated heterocycles. The van der Waals surface area contributed by atoms with Crippen molar-refractivity contribution in [1.82, 2.24) is 5.32 Å². The van der Waals surface area contributed by atoms with Gasteiger partial charge in [0.2, 0.25) is 5.91 Å². The third kappa shape index (κ3) is 3.01. The number of hydrogen-bond acceptors (Lipinski definition) is 3. The maximum atomic E-state index is 12.6. The standard InChI is InChI=1S/C23H33NO3/c1-15-6-5-7-16(12-15)20-18-13-17-14-23(18,9-11-27-20)21(22(17,2)3)24-19(25)8-10-26-4/h5-7,12,17-18,20-21H,8-11,13-14H2,1-4H3,(H,24,25)/t17-,18-,20-,21+,23?/m1/s1. The molecule has 1 aliphatic heterocycles. The molecule has 27 heavy (non-hydrogen) atoms. The molecule has 5 atom stereocenters. The van der Waals surface area contributed by atoms with Gasteiger partial charge < -0.3 is 14.8 Å². The molecule has 2 bridgehead atoms. The highest BCUT2D eigenvalue weighted by atomic mass is 16.5. The summed E-state index contributed by atoms with van der Waals surface area (Å²) in [5, 5.41) is 3.43. The number of carbonyl (C=O) groups excluding carboxylic acids is 1. The predicted molar refractivity (Wildman–Crippen MR) is 105 cm³/mol. The molecule has 148 valence electrons. The number of carbonyl (C=O) groups is 1. The number of methoxy groups -OCH3 is 1. The molecule has 4 rings (SSSR count). The highest BCUT2D eigenvalue weighted by Crippen LogP contribution is 2.70. The summed E-state index contributed by atoms with van der Waals surface area (Å²) in [6.45, 7) is 8.10. The minimum absolute atomic E-state index is 0.120. The Balaban J connectivity index is 1.63. The Hall–Kier alpha value is -1.39. The van der Waals surface area contributed by atoms with Crippen molar-refractivity contribution in [2.24, 2.45) is 22.7 Å². The lowest BCUT2D eigenvalue weighted by atomic mass is 9.58. The average molecular weight is 372 g/mol. The van der Waals surface area contributed by atoms with Crippen LogP contribution >= 0.6 is 0 Å². The minimum Gasteiger partial charge on any atom is -0.384 e. The van der Waals surface area contributed by atoms with Gasteiger partial charge in [-0.2, -0.15) is 0 Å². The molecule has 2 saturated carbocycles. The van der Waals surface area contributed by atoms with Gasteiger partial charge in [0.1, 0.15) is 0 Å². The van der Waals surface area contributed by atoms with E-state index in [2.05, 4.69) is 50.4 Å². The highest BCUT2D eigenvalue weighted by molar-refractivity contribution is 5.76. The zero-order valence-corrected chi connectivity index (χ0v) is 17.1. The Morgan fingerprint density at radius 1 is 1.37 bits per heavy atom. The summed E-state index contributed by atoms with van der Waals surface area (Å²) in [6.07, 6.45) is 4.06. The van der Waals surface area contributed by atoms with E-state index >= 15 is 0 Å². The van der Waals surface area contributed by atoms with E-state index in [1.807, 2.05) is 0 Å². The van der Waals surface area contributed by atoms with E-state index in [0.717, 1.165) is 13.0 Å². The number of rotatable bonds is 5. The number of aryl methyl sites for hydroxylation is 1. The second kappa shape index (κ2) is 6.89. The largest absolute Gasteiger partial charge is 0.384 e. The summed E-state index contributed by atoms with van der Waals surface area (Å²) in [5.41, 5.74) is 2.87. The lowest BCUT2D eigenvalue weighted by Crippen LogP contribution is -2.59. The summed E-state index contributed by atoms with van der Waals surface area (Å²) in [6, 6.07) is 8.98.